The third kappa shape index (κ3) is 3.55. The van der Waals surface area contributed by atoms with E-state index >= 15 is 0 Å². The van der Waals surface area contributed by atoms with Crippen molar-refractivity contribution in [2.45, 2.75) is 13.0 Å². The van der Waals surface area contributed by atoms with Crippen LogP contribution < -0.4 is 16.6 Å². The van der Waals surface area contributed by atoms with Crippen LogP contribution in [-0.4, -0.2) is 4.98 Å². The predicted octanol–water partition coefficient (Wildman–Crippen LogP) is 4.61. The molecule has 0 spiro atoms. The van der Waals surface area contributed by atoms with E-state index in [1.807, 2.05) is 31.2 Å². The number of hydrazine groups is 1. The van der Waals surface area contributed by atoms with Gasteiger partial charge in [0.2, 0.25) is 0 Å². The Morgan fingerprint density at radius 1 is 1.15 bits per heavy atom. The van der Waals surface area contributed by atoms with E-state index in [2.05, 4.69) is 31.7 Å². The van der Waals surface area contributed by atoms with Gasteiger partial charge in [-0.25, -0.2) is 10.8 Å². The van der Waals surface area contributed by atoms with E-state index in [0.29, 0.717) is 21.7 Å². The van der Waals surface area contributed by atoms with Gasteiger partial charge in [-0.3, -0.25) is 0 Å². The van der Waals surface area contributed by atoms with E-state index in [-0.39, 0.29) is 6.04 Å². The summed E-state index contributed by atoms with van der Waals surface area (Å²) in [7, 11) is 0. The molecule has 0 saturated heterocycles. The van der Waals surface area contributed by atoms with Crippen molar-refractivity contribution >= 4 is 50.8 Å². The summed E-state index contributed by atoms with van der Waals surface area (Å²) in [5, 5.41) is 4.05. The van der Waals surface area contributed by atoms with Crippen LogP contribution in [0.4, 0.5) is 11.6 Å². The van der Waals surface area contributed by atoms with Crippen LogP contribution >= 0.6 is 39.1 Å². The van der Waals surface area contributed by atoms with Gasteiger partial charge in [-0.1, -0.05) is 51.3 Å². The third-order valence-corrected chi connectivity index (χ3v) is 3.89. The summed E-state index contributed by atoms with van der Waals surface area (Å²) >= 11 is 15.5. The molecule has 0 aliphatic carbocycles. The number of nitrogens with one attached hydrogen (secondary N) is 2. The normalized spacial score (nSPS) is 12.1. The average molecular weight is 376 g/mol. The number of halogens is 3. The van der Waals surface area contributed by atoms with Crippen LogP contribution in [0.15, 0.2) is 34.8 Å². The first-order valence-electron chi connectivity index (χ1n) is 5.86. The molecule has 20 heavy (non-hydrogen) atoms. The van der Waals surface area contributed by atoms with E-state index in [0.717, 1.165) is 10.0 Å². The highest BCUT2D eigenvalue weighted by Gasteiger charge is 2.12. The van der Waals surface area contributed by atoms with Gasteiger partial charge in [0.05, 0.1) is 10.0 Å². The molecule has 1 heterocycles. The molecule has 1 aromatic carbocycles. The number of benzene rings is 1. The lowest BCUT2D eigenvalue weighted by Gasteiger charge is -2.17. The summed E-state index contributed by atoms with van der Waals surface area (Å²) in [5.41, 5.74) is 3.55. The smallest absolute Gasteiger partial charge is 0.161 e. The minimum absolute atomic E-state index is 0.0416. The fourth-order valence-corrected chi connectivity index (χ4v) is 2.44. The molecule has 0 saturated carbocycles. The Hall–Kier alpha value is -1.01. The highest BCUT2D eigenvalue weighted by atomic mass is 79.9. The van der Waals surface area contributed by atoms with Crippen LogP contribution in [0.2, 0.25) is 10.0 Å². The van der Waals surface area contributed by atoms with Crippen molar-refractivity contribution in [2.75, 3.05) is 10.7 Å². The molecule has 106 valence electrons. The number of pyridine rings is 1. The number of anilines is 2. The molecule has 2 rings (SSSR count). The number of aromatic nitrogens is 1. The molecule has 4 nitrogen and oxygen atoms in total. The van der Waals surface area contributed by atoms with E-state index in [1.54, 1.807) is 6.07 Å². The molecule has 1 atom stereocenters. The Morgan fingerprint density at radius 2 is 1.75 bits per heavy atom. The molecule has 0 aliphatic heterocycles. The number of hydrogen-bond donors (Lipinski definition) is 3. The van der Waals surface area contributed by atoms with Crippen LogP contribution in [0.25, 0.3) is 0 Å². The van der Waals surface area contributed by atoms with Crippen LogP contribution in [0.3, 0.4) is 0 Å². The molecule has 2 aromatic rings. The molecule has 0 radical (unpaired) electrons. The molecular weight excluding hydrogens is 363 g/mol. The maximum absolute atomic E-state index is 6.13. The first kappa shape index (κ1) is 15.4. The van der Waals surface area contributed by atoms with E-state index < -0.39 is 0 Å². The molecule has 0 amide bonds. The zero-order chi connectivity index (χ0) is 14.7. The maximum Gasteiger partial charge on any atom is 0.161 e. The lowest BCUT2D eigenvalue weighted by Crippen LogP contribution is -2.13. The maximum atomic E-state index is 6.13. The van der Waals surface area contributed by atoms with Gasteiger partial charge in [0.15, 0.2) is 5.82 Å². The van der Waals surface area contributed by atoms with Crippen LogP contribution in [0, 0.1) is 0 Å². The largest absolute Gasteiger partial charge is 0.362 e. The van der Waals surface area contributed by atoms with E-state index in [9.17, 15) is 0 Å². The van der Waals surface area contributed by atoms with Crippen molar-refractivity contribution in [3.05, 3.63) is 50.4 Å². The zero-order valence-electron chi connectivity index (χ0n) is 10.6. The molecule has 0 fully saturated rings. The quantitative estimate of drug-likeness (QED) is 0.539. The number of hydrogen-bond acceptors (Lipinski definition) is 4. The minimum atomic E-state index is 0.0416. The number of nitrogen functional groups attached to an aromatic ring is 1. The van der Waals surface area contributed by atoms with Crippen molar-refractivity contribution in [3.8, 4) is 0 Å². The summed E-state index contributed by atoms with van der Waals surface area (Å²) in [5.74, 6) is 6.26. The van der Waals surface area contributed by atoms with Crippen LogP contribution in [-0.2, 0) is 0 Å². The third-order valence-electron chi connectivity index (χ3n) is 2.79. The SMILES string of the molecule is CC(Nc1nc(NN)c(Cl)cc1Cl)c1ccc(Br)cc1. The lowest BCUT2D eigenvalue weighted by molar-refractivity contribution is 0.874. The monoisotopic (exact) mass is 374 g/mol. The van der Waals surface area contributed by atoms with Crippen molar-refractivity contribution < 1.29 is 0 Å². The summed E-state index contributed by atoms with van der Waals surface area (Å²) in [4.78, 5) is 4.25. The minimum Gasteiger partial charge on any atom is -0.362 e. The second-order valence-electron chi connectivity index (χ2n) is 4.21. The molecule has 0 aliphatic rings. The Labute approximate surface area is 135 Å². The van der Waals surface area contributed by atoms with Gasteiger partial charge in [0.1, 0.15) is 5.82 Å². The number of nitrogens with two attached hydrogens (primary N) is 1. The number of nitrogens with zero attached hydrogens (tertiary/aromatic N) is 1. The summed E-state index contributed by atoms with van der Waals surface area (Å²) in [6, 6.07) is 9.65. The molecule has 1 aromatic heterocycles. The summed E-state index contributed by atoms with van der Waals surface area (Å²) in [6.45, 7) is 2.02. The highest BCUT2D eigenvalue weighted by molar-refractivity contribution is 9.10. The second kappa shape index (κ2) is 6.63. The average Bonchev–Trinajstić information content (AvgIpc) is 2.42. The fourth-order valence-electron chi connectivity index (χ4n) is 1.71. The second-order valence-corrected chi connectivity index (χ2v) is 5.94. The molecular formula is C13H13BrCl2N4. The first-order chi connectivity index (χ1) is 9.51. The highest BCUT2D eigenvalue weighted by Crippen LogP contribution is 2.31. The predicted molar refractivity (Wildman–Crippen MR) is 88.2 cm³/mol. The van der Waals surface area contributed by atoms with Gasteiger partial charge in [-0.2, -0.15) is 0 Å². The Kier molecular flexibility index (Phi) is 5.10. The standard InChI is InChI=1S/C13H13BrCl2N4/c1-7(8-2-4-9(14)5-3-8)18-12-10(15)6-11(16)13(19-12)20-17/h2-7H,17H2,1H3,(H2,18,19,20). The van der Waals surface area contributed by atoms with Crippen LogP contribution in [0.1, 0.15) is 18.5 Å². The van der Waals surface area contributed by atoms with Crippen molar-refractivity contribution in [1.29, 1.82) is 0 Å². The molecule has 4 N–H and O–H groups in total. The Balaban J connectivity index is 2.23. The van der Waals surface area contributed by atoms with Gasteiger partial charge in [0.25, 0.3) is 0 Å². The zero-order valence-corrected chi connectivity index (χ0v) is 13.7. The fraction of sp³-hybridized carbons (Fsp3) is 0.154. The summed E-state index contributed by atoms with van der Waals surface area (Å²) in [6.07, 6.45) is 0. The van der Waals surface area contributed by atoms with Crippen molar-refractivity contribution in [1.82, 2.24) is 4.98 Å². The lowest BCUT2D eigenvalue weighted by atomic mass is 10.1. The van der Waals surface area contributed by atoms with Gasteiger partial charge in [0, 0.05) is 10.5 Å². The van der Waals surface area contributed by atoms with Gasteiger partial charge < -0.3 is 10.7 Å². The first-order valence-corrected chi connectivity index (χ1v) is 7.41. The summed E-state index contributed by atoms with van der Waals surface area (Å²) < 4.78 is 1.03. The topological polar surface area (TPSA) is 63.0 Å². The van der Waals surface area contributed by atoms with E-state index in [4.69, 9.17) is 29.0 Å². The Morgan fingerprint density at radius 3 is 2.35 bits per heavy atom. The van der Waals surface area contributed by atoms with Crippen molar-refractivity contribution in [3.63, 3.8) is 0 Å². The Bertz CT molecular complexity index is 604. The van der Waals surface area contributed by atoms with E-state index in [1.165, 1.54) is 0 Å². The van der Waals surface area contributed by atoms with Gasteiger partial charge in [-0.05, 0) is 30.7 Å². The van der Waals surface area contributed by atoms with Gasteiger partial charge >= 0.3 is 0 Å². The number of rotatable bonds is 4. The molecule has 0 bridgehead atoms. The molecule has 1 unspecified atom stereocenters. The van der Waals surface area contributed by atoms with Gasteiger partial charge in [-0.15, -0.1) is 0 Å². The van der Waals surface area contributed by atoms with Crippen LogP contribution in [0.5, 0.6) is 0 Å². The molecule has 7 heteroatoms. The van der Waals surface area contributed by atoms with Crippen molar-refractivity contribution in [2.24, 2.45) is 5.84 Å².